The molecule has 0 spiro atoms. The number of aliphatic carboxylic acids is 1. The largest absolute Gasteiger partial charge is 0.480 e. The van der Waals surface area contributed by atoms with Crippen LogP contribution in [0, 0.1) is 5.92 Å². The molecule has 1 amide bonds. The molecular formula is C27H34N2O5. The van der Waals surface area contributed by atoms with Crippen molar-refractivity contribution in [2.24, 2.45) is 5.92 Å². The zero-order chi connectivity index (χ0) is 23.9. The number of fused-ring (bicyclic) bond motifs is 1. The normalized spacial score (nSPS) is 21.1. The summed E-state index contributed by atoms with van der Waals surface area (Å²) in [5, 5.41) is 22.0. The Hall–Kier alpha value is -2.77. The summed E-state index contributed by atoms with van der Waals surface area (Å²) in [6.45, 7) is 0.252. The maximum absolute atomic E-state index is 12.3. The van der Waals surface area contributed by atoms with Gasteiger partial charge in [0.05, 0.1) is 6.10 Å². The number of carboxylic acids is 1. The molecule has 0 radical (unpaired) electrons. The van der Waals surface area contributed by atoms with Crippen LogP contribution in [-0.4, -0.2) is 45.8 Å². The summed E-state index contributed by atoms with van der Waals surface area (Å²) < 4.78 is 5.85. The molecule has 34 heavy (non-hydrogen) atoms. The van der Waals surface area contributed by atoms with Crippen LogP contribution in [-0.2, 0) is 33.6 Å². The molecule has 2 atom stereocenters. The predicted molar refractivity (Wildman–Crippen MR) is 127 cm³/mol. The average Bonchev–Trinajstić information content (AvgIpc) is 2.83. The number of carbonyl (C=O) groups excluding carboxylic acids is 1. The van der Waals surface area contributed by atoms with Crippen molar-refractivity contribution in [1.29, 1.82) is 0 Å². The second kappa shape index (κ2) is 11.6. The van der Waals surface area contributed by atoms with Crippen LogP contribution in [0.4, 0.5) is 0 Å². The van der Waals surface area contributed by atoms with E-state index in [0.717, 1.165) is 38.5 Å². The van der Waals surface area contributed by atoms with E-state index in [-0.39, 0.29) is 19.1 Å². The quantitative estimate of drug-likeness (QED) is 0.469. The number of nitrogens with zero attached hydrogens (tertiary/aromatic N) is 1. The van der Waals surface area contributed by atoms with Crippen molar-refractivity contribution >= 4 is 11.9 Å². The van der Waals surface area contributed by atoms with Gasteiger partial charge in [0.25, 0.3) is 5.91 Å². The number of benzene rings is 1. The number of nitrogens with one attached hydrogen (secondary N) is 1. The van der Waals surface area contributed by atoms with E-state index < -0.39 is 24.0 Å². The van der Waals surface area contributed by atoms with Crippen LogP contribution in [0.3, 0.4) is 0 Å². The van der Waals surface area contributed by atoms with Crippen molar-refractivity contribution in [2.75, 3.05) is 6.61 Å². The highest BCUT2D eigenvalue weighted by Gasteiger charge is 2.30. The summed E-state index contributed by atoms with van der Waals surface area (Å²) in [6, 6.07) is 11.8. The first-order valence-corrected chi connectivity index (χ1v) is 12.3. The van der Waals surface area contributed by atoms with Crippen LogP contribution in [0.15, 0.2) is 42.5 Å². The fourth-order valence-electron chi connectivity index (χ4n) is 4.81. The van der Waals surface area contributed by atoms with Crippen molar-refractivity contribution in [3.63, 3.8) is 0 Å². The zero-order valence-electron chi connectivity index (χ0n) is 19.5. The summed E-state index contributed by atoms with van der Waals surface area (Å²) >= 11 is 0. The van der Waals surface area contributed by atoms with Crippen molar-refractivity contribution < 1.29 is 24.5 Å². The van der Waals surface area contributed by atoms with E-state index in [1.807, 2.05) is 0 Å². The van der Waals surface area contributed by atoms with E-state index in [1.165, 1.54) is 29.8 Å². The lowest BCUT2D eigenvalue weighted by Crippen LogP contribution is -2.44. The molecule has 1 unspecified atom stereocenters. The van der Waals surface area contributed by atoms with Crippen LogP contribution in [0.25, 0.3) is 0 Å². The molecule has 0 aliphatic heterocycles. The van der Waals surface area contributed by atoms with Gasteiger partial charge in [0.15, 0.2) is 6.10 Å². The standard InChI is InChI=1S/C27H34N2O5/c30-25(20-7-2-1-3-8-20)26(31)29-24(27(32)33)14-15-34-22-16-18(17-22)10-12-21-13-11-19-6-4-5-9-23(19)28-21/h1-3,7-8,11,13,18,22,24-25,30H,4-6,9-10,12,14-17H2,(H,29,31)(H,32,33)/t18?,22?,24?,25-/m0/s1. The van der Waals surface area contributed by atoms with E-state index in [0.29, 0.717) is 11.5 Å². The molecule has 1 saturated carbocycles. The highest BCUT2D eigenvalue weighted by atomic mass is 16.5. The first kappa shape index (κ1) is 24.4. The second-order valence-electron chi connectivity index (χ2n) is 9.49. The van der Waals surface area contributed by atoms with Crippen LogP contribution < -0.4 is 5.32 Å². The van der Waals surface area contributed by atoms with E-state index in [2.05, 4.69) is 17.4 Å². The van der Waals surface area contributed by atoms with Gasteiger partial charge in [-0.25, -0.2) is 4.79 Å². The SMILES string of the molecule is O=C(O)C(CCOC1CC(CCc2ccc3c(n2)CCCC3)C1)NC(=O)[C@@H](O)c1ccccc1. The Bertz CT molecular complexity index is 974. The minimum atomic E-state index is -1.40. The fraction of sp³-hybridized carbons (Fsp3) is 0.519. The second-order valence-corrected chi connectivity index (χ2v) is 9.49. The predicted octanol–water partition coefficient (Wildman–Crippen LogP) is 3.38. The number of aliphatic hydroxyl groups excluding tert-OH is 1. The molecule has 1 aromatic carbocycles. The molecule has 4 rings (SSSR count). The maximum atomic E-state index is 12.3. The number of hydrogen-bond acceptors (Lipinski definition) is 5. The number of carbonyl (C=O) groups is 2. The third-order valence-corrected chi connectivity index (χ3v) is 6.98. The van der Waals surface area contributed by atoms with Gasteiger partial charge in [0, 0.05) is 24.4 Å². The number of aromatic nitrogens is 1. The van der Waals surface area contributed by atoms with Gasteiger partial charge in [0.1, 0.15) is 6.04 Å². The zero-order valence-corrected chi connectivity index (χ0v) is 19.5. The van der Waals surface area contributed by atoms with Crippen LogP contribution in [0.1, 0.15) is 67.1 Å². The minimum absolute atomic E-state index is 0.140. The average molecular weight is 467 g/mol. The highest BCUT2D eigenvalue weighted by molar-refractivity contribution is 5.86. The molecular weight excluding hydrogens is 432 g/mol. The minimum Gasteiger partial charge on any atom is -0.480 e. The van der Waals surface area contributed by atoms with Gasteiger partial charge in [-0.2, -0.15) is 0 Å². The Morgan fingerprint density at radius 2 is 1.85 bits per heavy atom. The van der Waals surface area contributed by atoms with Crippen molar-refractivity contribution in [1.82, 2.24) is 10.3 Å². The summed E-state index contributed by atoms with van der Waals surface area (Å²) in [7, 11) is 0. The van der Waals surface area contributed by atoms with E-state index >= 15 is 0 Å². The van der Waals surface area contributed by atoms with Gasteiger partial charge in [-0.15, -0.1) is 0 Å². The Morgan fingerprint density at radius 1 is 1.09 bits per heavy atom. The number of pyridine rings is 1. The van der Waals surface area contributed by atoms with Gasteiger partial charge in [0.2, 0.25) is 0 Å². The first-order valence-electron chi connectivity index (χ1n) is 12.3. The molecule has 3 N–H and O–H groups in total. The first-order chi connectivity index (χ1) is 16.5. The maximum Gasteiger partial charge on any atom is 0.326 e. The highest BCUT2D eigenvalue weighted by Crippen LogP contribution is 2.34. The van der Waals surface area contributed by atoms with Gasteiger partial charge in [-0.05, 0) is 74.5 Å². The molecule has 0 saturated heterocycles. The molecule has 182 valence electrons. The molecule has 2 aromatic rings. The third-order valence-electron chi connectivity index (χ3n) is 6.98. The van der Waals surface area contributed by atoms with E-state index in [4.69, 9.17) is 9.72 Å². The van der Waals surface area contributed by atoms with Crippen molar-refractivity contribution in [3.05, 3.63) is 65.0 Å². The van der Waals surface area contributed by atoms with E-state index in [9.17, 15) is 19.8 Å². The topological polar surface area (TPSA) is 109 Å². The molecule has 1 fully saturated rings. The van der Waals surface area contributed by atoms with Crippen molar-refractivity contribution in [2.45, 2.75) is 76.0 Å². The summed E-state index contributed by atoms with van der Waals surface area (Å²) in [6.07, 6.45) is 7.70. The Morgan fingerprint density at radius 3 is 2.62 bits per heavy atom. The lowest BCUT2D eigenvalue weighted by Gasteiger charge is -2.35. The van der Waals surface area contributed by atoms with E-state index in [1.54, 1.807) is 30.3 Å². The van der Waals surface area contributed by atoms with Gasteiger partial charge in [-0.3, -0.25) is 9.78 Å². The lowest BCUT2D eigenvalue weighted by atomic mass is 9.79. The fourth-order valence-corrected chi connectivity index (χ4v) is 4.81. The molecule has 1 aromatic heterocycles. The molecule has 1 heterocycles. The number of carboxylic acid groups (broad SMARTS) is 1. The lowest BCUT2D eigenvalue weighted by molar-refractivity contribution is -0.144. The van der Waals surface area contributed by atoms with Crippen LogP contribution in [0.2, 0.25) is 0 Å². The molecule has 2 aliphatic rings. The third kappa shape index (κ3) is 6.42. The number of hydrogen-bond donors (Lipinski definition) is 3. The Kier molecular flexibility index (Phi) is 8.29. The van der Waals surface area contributed by atoms with Crippen molar-refractivity contribution in [3.8, 4) is 0 Å². The van der Waals surface area contributed by atoms with Gasteiger partial charge < -0.3 is 20.3 Å². The molecule has 7 nitrogen and oxygen atoms in total. The molecule has 7 heteroatoms. The van der Waals surface area contributed by atoms with Gasteiger partial charge in [-0.1, -0.05) is 36.4 Å². The Balaban J connectivity index is 1.14. The number of amides is 1. The summed E-state index contributed by atoms with van der Waals surface area (Å²) in [4.78, 5) is 28.7. The summed E-state index contributed by atoms with van der Waals surface area (Å²) in [5.41, 5.74) is 4.31. The van der Waals surface area contributed by atoms with Crippen LogP contribution >= 0.6 is 0 Å². The monoisotopic (exact) mass is 466 g/mol. The number of aryl methyl sites for hydroxylation is 3. The summed E-state index contributed by atoms with van der Waals surface area (Å²) in [5.74, 6) is -1.25. The number of ether oxygens (including phenoxy) is 1. The van der Waals surface area contributed by atoms with Gasteiger partial charge >= 0.3 is 5.97 Å². The van der Waals surface area contributed by atoms with Crippen LogP contribution in [0.5, 0.6) is 0 Å². The molecule has 2 aliphatic carbocycles. The smallest absolute Gasteiger partial charge is 0.326 e. The molecule has 0 bridgehead atoms. The number of aliphatic hydroxyl groups is 1. The Labute approximate surface area is 200 Å². The number of rotatable bonds is 11.